The quantitative estimate of drug-likeness (QED) is 0.674. The van der Waals surface area contributed by atoms with Gasteiger partial charge in [-0.15, -0.1) is 0 Å². The molecule has 1 amide bonds. The van der Waals surface area contributed by atoms with Crippen LogP contribution in [0.25, 0.3) is 10.9 Å². The van der Waals surface area contributed by atoms with Crippen LogP contribution in [0.4, 0.5) is 0 Å². The average molecular weight is 408 g/mol. The van der Waals surface area contributed by atoms with Crippen LogP contribution < -0.4 is 5.56 Å². The number of likely N-dealkylation sites (tertiary alicyclic amines) is 1. The Labute approximate surface area is 176 Å². The van der Waals surface area contributed by atoms with Gasteiger partial charge in [0.2, 0.25) is 5.91 Å². The van der Waals surface area contributed by atoms with Crippen molar-refractivity contribution in [1.29, 1.82) is 0 Å². The Bertz CT molecular complexity index is 1070. The fourth-order valence-electron chi connectivity index (χ4n) is 4.18. The number of carbonyl (C=O) groups excluding carboxylic acids is 1. The Morgan fingerprint density at radius 3 is 2.87 bits per heavy atom. The van der Waals surface area contributed by atoms with E-state index in [1.807, 2.05) is 43.3 Å². The van der Waals surface area contributed by atoms with E-state index in [1.165, 1.54) is 6.42 Å². The number of benzene rings is 1. The lowest BCUT2D eigenvalue weighted by Crippen LogP contribution is -2.45. The predicted molar refractivity (Wildman–Crippen MR) is 117 cm³/mol. The maximum atomic E-state index is 13.2. The molecule has 0 bridgehead atoms. The number of nitrogens with zero attached hydrogens (tertiary/aromatic N) is 2. The Morgan fingerprint density at radius 1 is 1.23 bits per heavy atom. The first kappa shape index (κ1) is 20.4. The van der Waals surface area contributed by atoms with E-state index in [-0.39, 0.29) is 18.0 Å². The number of pyridine rings is 1. The zero-order chi connectivity index (χ0) is 21.1. The van der Waals surface area contributed by atoms with Crippen LogP contribution in [0.3, 0.4) is 0 Å². The lowest BCUT2D eigenvalue weighted by atomic mass is 10.0. The SMILES string of the molecule is Cc1ccc2[nH]c(=O)c(CN(Cc3ccco3)C(=O)CN3CCCC[C@@H]3C)cc2c1. The molecule has 0 unspecified atom stereocenters. The summed E-state index contributed by atoms with van der Waals surface area (Å²) in [7, 11) is 0. The van der Waals surface area contributed by atoms with Crippen LogP contribution in [-0.4, -0.2) is 39.8 Å². The van der Waals surface area contributed by atoms with Crippen LogP contribution in [-0.2, 0) is 17.9 Å². The Morgan fingerprint density at radius 2 is 2.10 bits per heavy atom. The van der Waals surface area contributed by atoms with Gasteiger partial charge in [-0.25, -0.2) is 0 Å². The molecular weight excluding hydrogens is 378 g/mol. The summed E-state index contributed by atoms with van der Waals surface area (Å²) in [5.41, 5.74) is 2.36. The third-order valence-corrected chi connectivity index (χ3v) is 6.00. The van der Waals surface area contributed by atoms with E-state index in [0.29, 0.717) is 30.5 Å². The van der Waals surface area contributed by atoms with Gasteiger partial charge in [0, 0.05) is 17.1 Å². The summed E-state index contributed by atoms with van der Waals surface area (Å²) in [5, 5.41) is 0.972. The van der Waals surface area contributed by atoms with Crippen LogP contribution >= 0.6 is 0 Å². The van der Waals surface area contributed by atoms with Gasteiger partial charge in [0.15, 0.2) is 0 Å². The van der Waals surface area contributed by atoms with E-state index in [2.05, 4.69) is 16.8 Å². The number of aromatic amines is 1. The number of fused-ring (bicyclic) bond motifs is 1. The lowest BCUT2D eigenvalue weighted by molar-refractivity contribution is -0.134. The summed E-state index contributed by atoms with van der Waals surface area (Å²) in [6, 6.07) is 11.9. The Hall–Kier alpha value is -2.86. The molecule has 0 spiro atoms. The maximum absolute atomic E-state index is 13.2. The third kappa shape index (κ3) is 4.65. The second kappa shape index (κ2) is 8.88. The van der Waals surface area contributed by atoms with Crippen molar-refractivity contribution in [3.63, 3.8) is 0 Å². The number of nitrogens with one attached hydrogen (secondary N) is 1. The van der Waals surface area contributed by atoms with Crippen LogP contribution in [0.5, 0.6) is 0 Å². The molecule has 3 aromatic rings. The van der Waals surface area contributed by atoms with Gasteiger partial charge in [-0.3, -0.25) is 14.5 Å². The summed E-state index contributed by atoms with van der Waals surface area (Å²) in [4.78, 5) is 32.9. The molecule has 1 aromatic carbocycles. The van der Waals surface area contributed by atoms with Crippen LogP contribution in [0.1, 0.15) is 43.1 Å². The first-order valence-corrected chi connectivity index (χ1v) is 10.7. The van der Waals surface area contributed by atoms with Gasteiger partial charge in [-0.05, 0) is 69.0 Å². The first-order valence-electron chi connectivity index (χ1n) is 10.7. The summed E-state index contributed by atoms with van der Waals surface area (Å²) < 4.78 is 5.49. The number of rotatable bonds is 6. The summed E-state index contributed by atoms with van der Waals surface area (Å²) in [6.45, 7) is 6.11. The smallest absolute Gasteiger partial charge is 0.253 e. The van der Waals surface area contributed by atoms with Gasteiger partial charge in [0.05, 0.1) is 25.9 Å². The van der Waals surface area contributed by atoms with E-state index < -0.39 is 0 Å². The lowest BCUT2D eigenvalue weighted by Gasteiger charge is -2.34. The molecule has 1 aliphatic rings. The highest BCUT2D eigenvalue weighted by Crippen LogP contribution is 2.18. The van der Waals surface area contributed by atoms with Crippen molar-refractivity contribution >= 4 is 16.8 Å². The molecule has 158 valence electrons. The molecule has 1 fully saturated rings. The molecule has 6 heteroatoms. The zero-order valence-electron chi connectivity index (χ0n) is 17.7. The molecular formula is C24H29N3O3. The first-order chi connectivity index (χ1) is 14.5. The number of furan rings is 1. The van der Waals surface area contributed by atoms with Gasteiger partial charge in [0.1, 0.15) is 5.76 Å². The van der Waals surface area contributed by atoms with Crippen molar-refractivity contribution < 1.29 is 9.21 Å². The molecule has 2 aromatic heterocycles. The molecule has 0 aliphatic carbocycles. The standard InChI is InChI=1S/C24H29N3O3/c1-17-8-9-22-19(12-17)13-20(24(29)25-22)14-27(15-21-7-5-11-30-21)23(28)16-26-10-4-3-6-18(26)2/h5,7-9,11-13,18H,3-4,6,10,14-16H2,1-2H3,(H,25,29)/t18-/m0/s1. The fraction of sp³-hybridized carbons (Fsp3) is 0.417. The molecule has 1 saturated heterocycles. The average Bonchev–Trinajstić information content (AvgIpc) is 3.23. The minimum atomic E-state index is -0.157. The van der Waals surface area contributed by atoms with Crippen LogP contribution in [0.2, 0.25) is 0 Å². The molecule has 30 heavy (non-hydrogen) atoms. The summed E-state index contributed by atoms with van der Waals surface area (Å²) in [5.74, 6) is 0.729. The van der Waals surface area contributed by atoms with Crippen LogP contribution in [0, 0.1) is 6.92 Å². The molecule has 1 atom stereocenters. The molecule has 6 nitrogen and oxygen atoms in total. The fourth-order valence-corrected chi connectivity index (χ4v) is 4.18. The van der Waals surface area contributed by atoms with E-state index >= 15 is 0 Å². The van der Waals surface area contributed by atoms with Crippen molar-refractivity contribution in [2.45, 2.75) is 52.2 Å². The number of hydrogen-bond acceptors (Lipinski definition) is 4. The molecule has 1 aliphatic heterocycles. The highest BCUT2D eigenvalue weighted by Gasteiger charge is 2.24. The molecule has 1 N–H and O–H groups in total. The predicted octanol–water partition coefficient (Wildman–Crippen LogP) is 3.83. The molecule has 0 saturated carbocycles. The van der Waals surface area contributed by atoms with Crippen molar-refractivity contribution in [2.75, 3.05) is 13.1 Å². The van der Waals surface area contributed by atoms with Gasteiger partial charge >= 0.3 is 0 Å². The van der Waals surface area contributed by atoms with Crippen molar-refractivity contribution in [3.8, 4) is 0 Å². The van der Waals surface area contributed by atoms with E-state index in [0.717, 1.165) is 35.9 Å². The van der Waals surface area contributed by atoms with Crippen molar-refractivity contribution in [2.24, 2.45) is 0 Å². The second-order valence-corrected chi connectivity index (χ2v) is 8.36. The monoisotopic (exact) mass is 407 g/mol. The van der Waals surface area contributed by atoms with E-state index in [4.69, 9.17) is 4.42 Å². The topological polar surface area (TPSA) is 69.5 Å². The summed E-state index contributed by atoms with van der Waals surface area (Å²) in [6.07, 6.45) is 5.07. The molecule has 3 heterocycles. The van der Waals surface area contributed by atoms with Gasteiger partial charge in [-0.1, -0.05) is 18.1 Å². The maximum Gasteiger partial charge on any atom is 0.253 e. The normalized spacial score (nSPS) is 17.3. The van der Waals surface area contributed by atoms with Crippen molar-refractivity contribution in [3.05, 3.63) is 69.9 Å². The second-order valence-electron chi connectivity index (χ2n) is 8.36. The van der Waals surface area contributed by atoms with Crippen molar-refractivity contribution in [1.82, 2.24) is 14.8 Å². The Kier molecular flexibility index (Phi) is 6.04. The number of amides is 1. The van der Waals surface area contributed by atoms with E-state index in [1.54, 1.807) is 11.2 Å². The summed E-state index contributed by atoms with van der Waals surface area (Å²) >= 11 is 0. The minimum Gasteiger partial charge on any atom is -0.467 e. The van der Waals surface area contributed by atoms with E-state index in [9.17, 15) is 9.59 Å². The molecule has 4 rings (SSSR count). The number of hydrogen-bond donors (Lipinski definition) is 1. The van der Waals surface area contributed by atoms with Gasteiger partial charge in [-0.2, -0.15) is 0 Å². The molecule has 0 radical (unpaired) electrons. The number of piperidine rings is 1. The number of aryl methyl sites for hydroxylation is 1. The highest BCUT2D eigenvalue weighted by atomic mass is 16.3. The largest absolute Gasteiger partial charge is 0.467 e. The number of H-pyrrole nitrogens is 1. The van der Waals surface area contributed by atoms with Gasteiger partial charge in [0.25, 0.3) is 5.56 Å². The number of carbonyl (C=O) groups is 1. The third-order valence-electron chi connectivity index (χ3n) is 6.00. The van der Waals surface area contributed by atoms with Crippen LogP contribution in [0.15, 0.2) is 51.9 Å². The Balaban J connectivity index is 1.59. The minimum absolute atomic E-state index is 0.0175. The number of aromatic nitrogens is 1. The highest BCUT2D eigenvalue weighted by molar-refractivity contribution is 5.80. The van der Waals surface area contributed by atoms with Gasteiger partial charge < -0.3 is 14.3 Å². The zero-order valence-corrected chi connectivity index (χ0v) is 17.7.